The Morgan fingerprint density at radius 1 is 1.17 bits per heavy atom. The standard InChI is InChI=1S/C21H25ClN2O5S/c1-5-29-21(26)17-12-15(10-11-18(17)22)23-20(25)13-24(30(4,27)28)19-9-7-6-8-16(19)14(2)3/h6-12,14H,5,13H2,1-4H3,(H,23,25). The number of rotatable bonds is 8. The zero-order chi connectivity index (χ0) is 22.5. The topological polar surface area (TPSA) is 92.8 Å². The van der Waals surface area contributed by atoms with Crippen molar-refractivity contribution in [3.8, 4) is 0 Å². The Labute approximate surface area is 182 Å². The first-order valence-corrected chi connectivity index (χ1v) is 11.6. The maximum atomic E-state index is 12.6. The van der Waals surface area contributed by atoms with Crippen LogP contribution >= 0.6 is 11.6 Å². The van der Waals surface area contributed by atoms with E-state index in [1.165, 1.54) is 18.2 Å². The molecule has 0 aliphatic carbocycles. The third-order valence-electron chi connectivity index (χ3n) is 4.26. The summed E-state index contributed by atoms with van der Waals surface area (Å²) in [4.78, 5) is 24.6. The number of nitrogens with one attached hydrogen (secondary N) is 1. The SMILES string of the molecule is CCOC(=O)c1cc(NC(=O)CN(c2ccccc2C(C)C)S(C)(=O)=O)ccc1Cl. The summed E-state index contributed by atoms with van der Waals surface area (Å²) in [7, 11) is -3.72. The zero-order valence-corrected chi connectivity index (χ0v) is 18.9. The second-order valence-electron chi connectivity index (χ2n) is 6.95. The van der Waals surface area contributed by atoms with Crippen molar-refractivity contribution >= 4 is 44.9 Å². The first-order valence-electron chi connectivity index (χ1n) is 9.37. The highest BCUT2D eigenvalue weighted by Gasteiger charge is 2.24. The summed E-state index contributed by atoms with van der Waals surface area (Å²) >= 11 is 6.03. The van der Waals surface area contributed by atoms with Gasteiger partial charge in [0, 0.05) is 5.69 Å². The molecule has 0 saturated heterocycles. The van der Waals surface area contributed by atoms with Crippen molar-refractivity contribution in [3.05, 3.63) is 58.6 Å². The van der Waals surface area contributed by atoms with E-state index in [0.29, 0.717) is 11.4 Å². The number of benzene rings is 2. The summed E-state index contributed by atoms with van der Waals surface area (Å²) in [5.41, 5.74) is 1.68. The van der Waals surface area contributed by atoms with Crippen LogP contribution in [-0.2, 0) is 19.6 Å². The molecule has 0 aliphatic rings. The van der Waals surface area contributed by atoms with E-state index in [1.54, 1.807) is 19.1 Å². The van der Waals surface area contributed by atoms with Gasteiger partial charge in [0.1, 0.15) is 6.54 Å². The Morgan fingerprint density at radius 2 is 1.83 bits per heavy atom. The van der Waals surface area contributed by atoms with Crippen LogP contribution < -0.4 is 9.62 Å². The summed E-state index contributed by atoms with van der Waals surface area (Å²) in [5, 5.41) is 2.81. The highest BCUT2D eigenvalue weighted by atomic mass is 35.5. The van der Waals surface area contributed by atoms with Gasteiger partial charge in [0.05, 0.1) is 29.1 Å². The van der Waals surface area contributed by atoms with Crippen molar-refractivity contribution in [3.63, 3.8) is 0 Å². The van der Waals surface area contributed by atoms with Crippen molar-refractivity contribution in [1.82, 2.24) is 0 Å². The van der Waals surface area contributed by atoms with E-state index in [9.17, 15) is 18.0 Å². The van der Waals surface area contributed by atoms with Gasteiger partial charge in [-0.25, -0.2) is 13.2 Å². The number of sulfonamides is 1. The fraction of sp³-hybridized carbons (Fsp3) is 0.333. The molecule has 30 heavy (non-hydrogen) atoms. The number of carbonyl (C=O) groups is 2. The van der Waals surface area contributed by atoms with Crippen LogP contribution in [-0.4, -0.2) is 39.7 Å². The van der Waals surface area contributed by atoms with Crippen LogP contribution in [0.1, 0.15) is 42.6 Å². The molecule has 0 heterocycles. The van der Waals surface area contributed by atoms with E-state index in [4.69, 9.17) is 16.3 Å². The highest BCUT2D eigenvalue weighted by molar-refractivity contribution is 7.92. The van der Waals surface area contributed by atoms with Crippen LogP contribution in [0.2, 0.25) is 5.02 Å². The number of esters is 1. The number of halogens is 1. The zero-order valence-electron chi connectivity index (χ0n) is 17.3. The lowest BCUT2D eigenvalue weighted by Gasteiger charge is -2.25. The van der Waals surface area contributed by atoms with Crippen molar-refractivity contribution in [2.75, 3.05) is 29.0 Å². The van der Waals surface area contributed by atoms with Gasteiger partial charge in [-0.05, 0) is 42.7 Å². The van der Waals surface area contributed by atoms with Gasteiger partial charge < -0.3 is 10.1 Å². The predicted molar refractivity (Wildman–Crippen MR) is 119 cm³/mol. The quantitative estimate of drug-likeness (QED) is 0.610. The van der Waals surface area contributed by atoms with Gasteiger partial charge >= 0.3 is 5.97 Å². The van der Waals surface area contributed by atoms with Crippen molar-refractivity contribution < 1.29 is 22.7 Å². The molecule has 1 amide bonds. The Balaban J connectivity index is 2.29. The summed E-state index contributed by atoms with van der Waals surface area (Å²) in [6.45, 7) is 5.34. The molecule has 0 spiro atoms. The molecule has 0 aromatic heterocycles. The van der Waals surface area contributed by atoms with Crippen molar-refractivity contribution in [2.45, 2.75) is 26.7 Å². The number of para-hydroxylation sites is 1. The van der Waals surface area contributed by atoms with Gasteiger partial charge in [-0.15, -0.1) is 0 Å². The molecule has 0 bridgehead atoms. The lowest BCUT2D eigenvalue weighted by Crippen LogP contribution is -2.38. The lowest BCUT2D eigenvalue weighted by molar-refractivity contribution is -0.114. The molecule has 162 valence electrons. The van der Waals surface area contributed by atoms with E-state index in [-0.39, 0.29) is 23.1 Å². The Morgan fingerprint density at radius 3 is 2.43 bits per heavy atom. The molecule has 0 radical (unpaired) electrons. The second kappa shape index (κ2) is 9.95. The molecule has 0 unspecified atom stereocenters. The maximum Gasteiger partial charge on any atom is 0.339 e. The molecule has 1 N–H and O–H groups in total. The smallest absolute Gasteiger partial charge is 0.339 e. The summed E-state index contributed by atoms with van der Waals surface area (Å²) in [6, 6.07) is 11.4. The van der Waals surface area contributed by atoms with E-state index in [1.807, 2.05) is 26.0 Å². The minimum atomic E-state index is -3.72. The van der Waals surface area contributed by atoms with Crippen LogP contribution in [0.5, 0.6) is 0 Å². The third-order valence-corrected chi connectivity index (χ3v) is 5.72. The van der Waals surface area contributed by atoms with E-state index >= 15 is 0 Å². The van der Waals surface area contributed by atoms with Gasteiger partial charge in [0.25, 0.3) is 0 Å². The largest absolute Gasteiger partial charge is 0.462 e. The van der Waals surface area contributed by atoms with Gasteiger partial charge in [-0.3, -0.25) is 9.10 Å². The molecule has 0 saturated carbocycles. The first-order chi connectivity index (χ1) is 14.0. The summed E-state index contributed by atoms with van der Waals surface area (Å²) in [5.74, 6) is -1.10. The molecule has 7 nitrogen and oxygen atoms in total. The number of ether oxygens (including phenoxy) is 1. The van der Waals surface area contributed by atoms with Gasteiger partial charge in [0.15, 0.2) is 0 Å². The van der Waals surface area contributed by atoms with Crippen molar-refractivity contribution in [1.29, 1.82) is 0 Å². The monoisotopic (exact) mass is 452 g/mol. The highest BCUT2D eigenvalue weighted by Crippen LogP contribution is 2.29. The number of anilines is 2. The van der Waals surface area contributed by atoms with Crippen LogP contribution in [0.4, 0.5) is 11.4 Å². The van der Waals surface area contributed by atoms with Crippen LogP contribution in [0.3, 0.4) is 0 Å². The average molecular weight is 453 g/mol. The van der Waals surface area contributed by atoms with E-state index < -0.39 is 28.4 Å². The normalized spacial score (nSPS) is 11.3. The molecule has 2 rings (SSSR count). The minimum absolute atomic E-state index is 0.0666. The Hall–Kier alpha value is -2.58. The number of amides is 1. The van der Waals surface area contributed by atoms with Crippen molar-refractivity contribution in [2.24, 2.45) is 0 Å². The molecule has 2 aromatic carbocycles. The minimum Gasteiger partial charge on any atom is -0.462 e. The predicted octanol–water partition coefficient (Wildman–Crippen LogP) is 4.04. The molecular formula is C21H25ClN2O5S. The summed E-state index contributed by atoms with van der Waals surface area (Å²) < 4.78 is 30.9. The Kier molecular flexibility index (Phi) is 7.86. The lowest BCUT2D eigenvalue weighted by atomic mass is 10.0. The fourth-order valence-electron chi connectivity index (χ4n) is 2.88. The molecule has 0 aliphatic heterocycles. The number of hydrogen-bond acceptors (Lipinski definition) is 5. The number of nitrogens with zero attached hydrogens (tertiary/aromatic N) is 1. The molecule has 0 atom stereocenters. The van der Waals surface area contributed by atoms with Crippen LogP contribution in [0.25, 0.3) is 0 Å². The van der Waals surface area contributed by atoms with Crippen LogP contribution in [0.15, 0.2) is 42.5 Å². The second-order valence-corrected chi connectivity index (χ2v) is 9.26. The Bertz CT molecular complexity index is 1040. The van der Waals surface area contributed by atoms with Gasteiger partial charge in [-0.1, -0.05) is 43.6 Å². The summed E-state index contributed by atoms with van der Waals surface area (Å²) in [6.07, 6.45) is 1.05. The van der Waals surface area contributed by atoms with E-state index in [2.05, 4.69) is 5.32 Å². The first kappa shape index (κ1) is 23.7. The maximum absolute atomic E-state index is 12.6. The third kappa shape index (κ3) is 5.96. The van der Waals surface area contributed by atoms with Gasteiger partial charge in [0.2, 0.25) is 15.9 Å². The van der Waals surface area contributed by atoms with E-state index in [0.717, 1.165) is 16.1 Å². The number of carbonyl (C=O) groups excluding carboxylic acids is 2. The van der Waals surface area contributed by atoms with Gasteiger partial charge in [-0.2, -0.15) is 0 Å². The number of hydrogen-bond donors (Lipinski definition) is 1. The van der Waals surface area contributed by atoms with Crippen LogP contribution in [0, 0.1) is 0 Å². The average Bonchev–Trinajstić information content (AvgIpc) is 2.67. The molecule has 0 fully saturated rings. The molecular weight excluding hydrogens is 428 g/mol. The molecule has 2 aromatic rings. The molecule has 9 heteroatoms. The fourth-order valence-corrected chi connectivity index (χ4v) is 3.95.